The Morgan fingerprint density at radius 2 is 1.88 bits per heavy atom. The molecule has 8 heteroatoms. The van der Waals surface area contributed by atoms with Gasteiger partial charge in [-0.2, -0.15) is 0 Å². The summed E-state index contributed by atoms with van der Waals surface area (Å²) >= 11 is 0. The van der Waals surface area contributed by atoms with Crippen molar-refractivity contribution in [1.29, 1.82) is 0 Å². The molecule has 0 spiro atoms. The number of hydrogen-bond acceptors (Lipinski definition) is 5. The predicted octanol–water partition coefficient (Wildman–Crippen LogP) is 0.870. The van der Waals surface area contributed by atoms with E-state index in [2.05, 4.69) is 4.74 Å². The molecular formula is C9H12ClNO5S. The molecule has 0 aromatic heterocycles. The molecular weight excluding hydrogens is 270 g/mol. The highest BCUT2D eigenvalue weighted by Gasteiger charge is 2.02. The Hall–Kier alpha value is -1.47. The van der Waals surface area contributed by atoms with Crippen molar-refractivity contribution in [2.75, 3.05) is 7.11 Å². The fraction of sp³-hybridized carbons (Fsp3) is 0.222. The van der Waals surface area contributed by atoms with Gasteiger partial charge >= 0.3 is 6.09 Å². The first-order valence-electron chi connectivity index (χ1n) is 4.32. The van der Waals surface area contributed by atoms with E-state index in [-0.39, 0.29) is 19.0 Å². The second kappa shape index (κ2) is 7.75. The number of nitrogens with one attached hydrogen (secondary N) is 1. The molecule has 1 aromatic carbocycles. The number of halogens is 1. The van der Waals surface area contributed by atoms with Crippen molar-refractivity contribution in [3.8, 4) is 5.75 Å². The molecule has 0 aliphatic heterocycles. The van der Waals surface area contributed by atoms with Crippen LogP contribution in [0.3, 0.4) is 0 Å². The number of amides is 1. The monoisotopic (exact) mass is 281 g/mol. The average Bonchev–Trinajstić information content (AvgIpc) is 2.26. The first-order valence-corrected chi connectivity index (χ1v) is 5.50. The zero-order valence-corrected chi connectivity index (χ0v) is 10.6. The van der Waals surface area contributed by atoms with Crippen LogP contribution in [0.15, 0.2) is 24.3 Å². The van der Waals surface area contributed by atoms with E-state index in [0.29, 0.717) is 5.75 Å². The SMILES string of the molecule is COc1ccc(COC(=O)N[SH](=O)=O)cc1.Cl. The summed E-state index contributed by atoms with van der Waals surface area (Å²) in [6.07, 6.45) is -0.994. The van der Waals surface area contributed by atoms with E-state index < -0.39 is 17.0 Å². The van der Waals surface area contributed by atoms with E-state index in [1.54, 1.807) is 36.1 Å². The fourth-order valence-corrected chi connectivity index (χ4v) is 1.19. The topological polar surface area (TPSA) is 81.7 Å². The second-order valence-electron chi connectivity index (χ2n) is 2.79. The Morgan fingerprint density at radius 3 is 2.35 bits per heavy atom. The minimum atomic E-state index is -2.97. The largest absolute Gasteiger partial charge is 0.497 e. The molecule has 0 atom stereocenters. The van der Waals surface area contributed by atoms with E-state index in [1.165, 1.54) is 0 Å². The number of carbonyl (C=O) groups is 1. The van der Waals surface area contributed by atoms with Crippen molar-refractivity contribution in [2.24, 2.45) is 0 Å². The number of methoxy groups -OCH3 is 1. The number of ether oxygens (including phenoxy) is 2. The van der Waals surface area contributed by atoms with E-state index in [1.807, 2.05) is 0 Å². The predicted molar refractivity (Wildman–Crippen MR) is 63.9 cm³/mol. The van der Waals surface area contributed by atoms with Gasteiger partial charge in [0, 0.05) is 0 Å². The smallest absolute Gasteiger partial charge is 0.421 e. The number of hydrogen-bond donors (Lipinski definition) is 2. The van der Waals surface area contributed by atoms with Crippen molar-refractivity contribution >= 4 is 29.4 Å². The van der Waals surface area contributed by atoms with Crippen molar-refractivity contribution < 1.29 is 22.7 Å². The molecule has 0 saturated carbocycles. The normalized spacial score (nSPS) is 9.29. The highest BCUT2D eigenvalue weighted by molar-refractivity contribution is 7.70. The van der Waals surface area contributed by atoms with Crippen LogP contribution in [0.2, 0.25) is 0 Å². The molecule has 0 unspecified atom stereocenters. The van der Waals surface area contributed by atoms with Gasteiger partial charge in [0.25, 0.3) is 0 Å². The van der Waals surface area contributed by atoms with E-state index in [9.17, 15) is 13.2 Å². The molecule has 0 aliphatic rings. The third kappa shape index (κ3) is 5.98. The first kappa shape index (κ1) is 15.5. The van der Waals surface area contributed by atoms with Crippen LogP contribution in [0.4, 0.5) is 4.79 Å². The number of thiol groups is 1. The van der Waals surface area contributed by atoms with Crippen LogP contribution in [-0.2, 0) is 22.2 Å². The van der Waals surface area contributed by atoms with Crippen LogP contribution in [0.5, 0.6) is 5.75 Å². The zero-order chi connectivity index (χ0) is 12.0. The van der Waals surface area contributed by atoms with Crippen LogP contribution in [0.25, 0.3) is 0 Å². The molecule has 0 aliphatic carbocycles. The third-order valence-electron chi connectivity index (χ3n) is 1.71. The quantitative estimate of drug-likeness (QED) is 0.801. The summed E-state index contributed by atoms with van der Waals surface area (Å²) in [7, 11) is -1.43. The molecule has 1 amide bonds. The lowest BCUT2D eigenvalue weighted by molar-refractivity contribution is 0.146. The van der Waals surface area contributed by atoms with Gasteiger partial charge in [-0.1, -0.05) is 12.1 Å². The van der Waals surface area contributed by atoms with E-state index in [0.717, 1.165) is 5.56 Å². The van der Waals surface area contributed by atoms with Gasteiger partial charge in [0.1, 0.15) is 12.4 Å². The van der Waals surface area contributed by atoms with Gasteiger partial charge < -0.3 is 9.47 Å². The summed E-state index contributed by atoms with van der Waals surface area (Å²) in [6.45, 7) is -0.000991. The maximum absolute atomic E-state index is 10.8. The van der Waals surface area contributed by atoms with Crippen LogP contribution in [-0.4, -0.2) is 21.6 Å². The van der Waals surface area contributed by atoms with Gasteiger partial charge in [-0.3, -0.25) is 0 Å². The summed E-state index contributed by atoms with van der Waals surface area (Å²) in [5.41, 5.74) is 0.733. The van der Waals surface area contributed by atoms with Crippen LogP contribution >= 0.6 is 12.4 Å². The molecule has 1 rings (SSSR count). The molecule has 0 saturated heterocycles. The average molecular weight is 282 g/mol. The number of benzene rings is 1. The van der Waals surface area contributed by atoms with E-state index in [4.69, 9.17) is 4.74 Å². The highest BCUT2D eigenvalue weighted by atomic mass is 35.5. The lowest BCUT2D eigenvalue weighted by Gasteiger charge is -2.04. The first-order chi connectivity index (χ1) is 7.61. The third-order valence-corrected chi connectivity index (χ3v) is 2.08. The van der Waals surface area contributed by atoms with Gasteiger partial charge in [-0.15, -0.1) is 12.4 Å². The Bertz CT molecular complexity index is 424. The van der Waals surface area contributed by atoms with Gasteiger partial charge in [0.15, 0.2) is 0 Å². The molecule has 96 valence electrons. The van der Waals surface area contributed by atoms with Crippen LogP contribution in [0, 0.1) is 0 Å². The summed E-state index contributed by atoms with van der Waals surface area (Å²) in [6, 6.07) is 6.85. The Labute approximate surface area is 106 Å². The summed E-state index contributed by atoms with van der Waals surface area (Å²) < 4.78 is 31.4. The Balaban J connectivity index is 0.00000256. The van der Waals surface area contributed by atoms with Gasteiger partial charge in [0.05, 0.1) is 7.11 Å². The van der Waals surface area contributed by atoms with Gasteiger partial charge in [0.2, 0.25) is 10.9 Å². The summed E-state index contributed by atoms with van der Waals surface area (Å²) in [5, 5.41) is 0. The van der Waals surface area contributed by atoms with Crippen molar-refractivity contribution in [3.05, 3.63) is 29.8 Å². The molecule has 17 heavy (non-hydrogen) atoms. The van der Waals surface area contributed by atoms with Crippen LogP contribution in [0.1, 0.15) is 5.56 Å². The molecule has 6 nitrogen and oxygen atoms in total. The molecule has 0 fully saturated rings. The van der Waals surface area contributed by atoms with Gasteiger partial charge in [-0.25, -0.2) is 17.9 Å². The molecule has 1 aromatic rings. The summed E-state index contributed by atoms with van der Waals surface area (Å²) in [4.78, 5) is 10.8. The number of rotatable bonds is 4. The lowest BCUT2D eigenvalue weighted by atomic mass is 10.2. The molecule has 0 bridgehead atoms. The maximum Gasteiger partial charge on any atom is 0.421 e. The van der Waals surface area contributed by atoms with Crippen molar-refractivity contribution in [2.45, 2.75) is 6.61 Å². The number of carbonyl (C=O) groups excluding carboxylic acids is 1. The van der Waals surface area contributed by atoms with Crippen LogP contribution < -0.4 is 9.46 Å². The Morgan fingerprint density at radius 1 is 1.29 bits per heavy atom. The minimum absolute atomic E-state index is 0. The van der Waals surface area contributed by atoms with Gasteiger partial charge in [-0.05, 0) is 17.7 Å². The zero-order valence-electron chi connectivity index (χ0n) is 8.91. The molecule has 0 radical (unpaired) electrons. The summed E-state index contributed by atoms with van der Waals surface area (Å²) in [5.74, 6) is 0.691. The van der Waals surface area contributed by atoms with Crippen molar-refractivity contribution in [3.63, 3.8) is 0 Å². The maximum atomic E-state index is 10.8. The second-order valence-corrected chi connectivity index (χ2v) is 3.53. The van der Waals surface area contributed by atoms with Crippen molar-refractivity contribution in [1.82, 2.24) is 4.72 Å². The lowest BCUT2D eigenvalue weighted by Crippen LogP contribution is -2.22. The fourth-order valence-electron chi connectivity index (χ4n) is 0.977. The van der Waals surface area contributed by atoms with E-state index >= 15 is 0 Å². The standard InChI is InChI=1S/C9H11NO5S.ClH/c1-14-8-4-2-7(3-5-8)6-15-9(11)10-16(12)13;/h2-5,16H,6H2,1H3,(H,10,11,12,13);1H. The molecule has 1 N–H and O–H groups in total. The highest BCUT2D eigenvalue weighted by Crippen LogP contribution is 2.11. The molecule has 0 heterocycles. The Kier molecular flexibility index (Phi) is 7.08. The minimum Gasteiger partial charge on any atom is -0.497 e.